The molecule has 3 nitrogen and oxygen atoms in total. The van der Waals surface area contributed by atoms with Crippen LogP contribution in [0.25, 0.3) is 0 Å². The zero-order valence-corrected chi connectivity index (χ0v) is 13.2. The average Bonchev–Trinajstić information content (AvgIpc) is 2.53. The summed E-state index contributed by atoms with van der Waals surface area (Å²) in [7, 11) is 0. The maximum atomic E-state index is 12.6. The van der Waals surface area contributed by atoms with Gasteiger partial charge in [0.15, 0.2) is 0 Å². The van der Waals surface area contributed by atoms with E-state index in [4.69, 9.17) is 5.26 Å². The van der Waals surface area contributed by atoms with Crippen molar-refractivity contribution >= 4 is 11.6 Å². The van der Waals surface area contributed by atoms with E-state index in [1.807, 2.05) is 6.07 Å². The smallest absolute Gasteiger partial charge is 0.326 e. The second kappa shape index (κ2) is 6.60. The van der Waals surface area contributed by atoms with E-state index >= 15 is 0 Å². The topological polar surface area (TPSA) is 52.9 Å². The Balaban J connectivity index is 1.56. The van der Waals surface area contributed by atoms with Gasteiger partial charge in [0, 0.05) is 11.6 Å². The molecule has 0 radical (unpaired) electrons. The minimum atomic E-state index is -4.33. The zero-order valence-electron chi connectivity index (χ0n) is 13.2. The number of alkyl halides is 3. The van der Waals surface area contributed by atoms with Gasteiger partial charge in [0.2, 0.25) is 5.91 Å². The molecule has 128 valence electrons. The van der Waals surface area contributed by atoms with Crippen LogP contribution in [-0.4, -0.2) is 5.91 Å². The van der Waals surface area contributed by atoms with Gasteiger partial charge in [0.1, 0.15) is 0 Å². The summed E-state index contributed by atoms with van der Waals surface area (Å²) in [5.41, 5.74) is 1.20. The summed E-state index contributed by atoms with van der Waals surface area (Å²) in [6, 6.07) is 13.8. The van der Waals surface area contributed by atoms with E-state index in [1.54, 1.807) is 24.3 Å². The summed E-state index contributed by atoms with van der Waals surface area (Å²) in [6.45, 7) is 0. The third-order valence-corrected chi connectivity index (χ3v) is 4.48. The molecule has 1 aliphatic rings. The molecule has 6 heteroatoms. The molecule has 0 aliphatic heterocycles. The van der Waals surface area contributed by atoms with Crippen molar-refractivity contribution in [2.24, 2.45) is 5.92 Å². The van der Waals surface area contributed by atoms with E-state index in [-0.39, 0.29) is 17.7 Å². The van der Waals surface area contributed by atoms with E-state index in [1.165, 1.54) is 12.1 Å². The lowest BCUT2D eigenvalue weighted by molar-refractivity contribution is -0.137. The van der Waals surface area contributed by atoms with Crippen molar-refractivity contribution < 1.29 is 18.0 Å². The Labute approximate surface area is 143 Å². The van der Waals surface area contributed by atoms with Crippen LogP contribution < -0.4 is 5.32 Å². The number of hydrogen-bond acceptors (Lipinski definition) is 2. The van der Waals surface area contributed by atoms with Gasteiger partial charge in [-0.05, 0) is 54.7 Å². The zero-order chi connectivity index (χ0) is 18.0. The standard InChI is InChI=1S/C19H15F3N2O/c20-19(21,22)16-6-4-13(5-7-16)14-9-15(10-14)18(25)24-17-3-1-2-12(8-17)11-23/h1-8,14-15H,9-10H2,(H,24,25). The van der Waals surface area contributed by atoms with Crippen molar-refractivity contribution in [1.29, 1.82) is 5.26 Å². The van der Waals surface area contributed by atoms with Crippen LogP contribution in [0.5, 0.6) is 0 Å². The second-order valence-electron chi connectivity index (χ2n) is 6.17. The maximum absolute atomic E-state index is 12.6. The number of halogens is 3. The van der Waals surface area contributed by atoms with Crippen molar-refractivity contribution in [1.82, 2.24) is 0 Å². The molecule has 25 heavy (non-hydrogen) atoms. The highest BCUT2D eigenvalue weighted by Gasteiger charge is 2.36. The lowest BCUT2D eigenvalue weighted by Crippen LogP contribution is -2.33. The van der Waals surface area contributed by atoms with Crippen molar-refractivity contribution in [3.8, 4) is 6.07 Å². The molecule has 1 fully saturated rings. The van der Waals surface area contributed by atoms with Gasteiger partial charge in [-0.2, -0.15) is 18.4 Å². The Hall–Kier alpha value is -2.81. The van der Waals surface area contributed by atoms with Crippen molar-refractivity contribution in [3.05, 3.63) is 65.2 Å². The van der Waals surface area contributed by atoms with Gasteiger partial charge in [-0.3, -0.25) is 4.79 Å². The molecular weight excluding hydrogens is 329 g/mol. The molecule has 2 aromatic rings. The molecule has 3 rings (SSSR count). The normalized spacial score (nSPS) is 19.6. The Morgan fingerprint density at radius 3 is 2.40 bits per heavy atom. The molecule has 0 atom stereocenters. The number of nitrogens with one attached hydrogen (secondary N) is 1. The maximum Gasteiger partial charge on any atom is 0.416 e. The first-order valence-electron chi connectivity index (χ1n) is 7.85. The number of amides is 1. The molecule has 0 bridgehead atoms. The number of carbonyl (C=O) groups is 1. The summed E-state index contributed by atoms with van der Waals surface area (Å²) in [5.74, 6) is -0.195. The van der Waals surface area contributed by atoms with E-state index in [2.05, 4.69) is 5.32 Å². The molecule has 1 amide bonds. The predicted molar refractivity (Wildman–Crippen MR) is 86.7 cm³/mol. The van der Waals surface area contributed by atoms with Crippen LogP contribution in [0.1, 0.15) is 35.4 Å². The van der Waals surface area contributed by atoms with E-state index in [0.717, 1.165) is 17.7 Å². The Morgan fingerprint density at radius 2 is 1.80 bits per heavy atom. The molecular formula is C19H15F3N2O. The summed E-state index contributed by atoms with van der Waals surface area (Å²) < 4.78 is 37.7. The lowest BCUT2D eigenvalue weighted by atomic mass is 9.71. The molecule has 0 unspecified atom stereocenters. The fourth-order valence-electron chi connectivity index (χ4n) is 2.96. The van der Waals surface area contributed by atoms with Crippen LogP contribution in [-0.2, 0) is 11.0 Å². The summed E-state index contributed by atoms with van der Waals surface area (Å²) in [6.07, 6.45) is -3.12. The van der Waals surface area contributed by atoms with Crippen molar-refractivity contribution in [2.75, 3.05) is 5.32 Å². The molecule has 0 heterocycles. The Kier molecular flexibility index (Phi) is 4.49. The molecule has 0 aromatic heterocycles. The van der Waals surface area contributed by atoms with Crippen LogP contribution in [0.15, 0.2) is 48.5 Å². The van der Waals surface area contributed by atoms with Crippen LogP contribution in [0.2, 0.25) is 0 Å². The number of rotatable bonds is 3. The minimum absolute atomic E-state index is 0.100. The average molecular weight is 344 g/mol. The monoisotopic (exact) mass is 344 g/mol. The highest BCUT2D eigenvalue weighted by atomic mass is 19.4. The highest BCUT2D eigenvalue weighted by Crippen LogP contribution is 2.42. The molecule has 0 saturated heterocycles. The van der Waals surface area contributed by atoms with Crippen molar-refractivity contribution in [2.45, 2.75) is 24.9 Å². The fourth-order valence-corrected chi connectivity index (χ4v) is 2.96. The number of nitriles is 1. The van der Waals surface area contributed by atoms with Gasteiger partial charge in [-0.1, -0.05) is 18.2 Å². The minimum Gasteiger partial charge on any atom is -0.326 e. The Morgan fingerprint density at radius 1 is 1.12 bits per heavy atom. The highest BCUT2D eigenvalue weighted by molar-refractivity contribution is 5.93. The van der Waals surface area contributed by atoms with E-state index in [0.29, 0.717) is 24.1 Å². The first kappa shape index (κ1) is 17.0. The van der Waals surface area contributed by atoms with Crippen LogP contribution >= 0.6 is 0 Å². The van der Waals surface area contributed by atoms with Gasteiger partial charge in [0.05, 0.1) is 17.2 Å². The van der Waals surface area contributed by atoms with Crippen LogP contribution in [0, 0.1) is 17.2 Å². The first-order valence-corrected chi connectivity index (χ1v) is 7.85. The summed E-state index contributed by atoms with van der Waals surface area (Å²) in [5, 5.41) is 11.6. The van der Waals surface area contributed by atoms with Gasteiger partial charge in [0.25, 0.3) is 0 Å². The van der Waals surface area contributed by atoms with Crippen LogP contribution in [0.4, 0.5) is 18.9 Å². The van der Waals surface area contributed by atoms with Gasteiger partial charge >= 0.3 is 6.18 Å². The quantitative estimate of drug-likeness (QED) is 0.877. The number of nitrogens with zero attached hydrogens (tertiary/aromatic N) is 1. The molecule has 1 saturated carbocycles. The number of carbonyl (C=O) groups excluding carboxylic acids is 1. The van der Waals surface area contributed by atoms with Crippen LogP contribution in [0.3, 0.4) is 0 Å². The SMILES string of the molecule is N#Cc1cccc(NC(=O)C2CC(c3ccc(C(F)(F)F)cc3)C2)c1. The summed E-state index contributed by atoms with van der Waals surface area (Å²) in [4.78, 5) is 12.2. The molecule has 2 aromatic carbocycles. The lowest BCUT2D eigenvalue weighted by Gasteiger charge is -2.34. The van der Waals surface area contributed by atoms with E-state index in [9.17, 15) is 18.0 Å². The summed E-state index contributed by atoms with van der Waals surface area (Å²) >= 11 is 0. The largest absolute Gasteiger partial charge is 0.416 e. The molecule has 1 aliphatic carbocycles. The third kappa shape index (κ3) is 3.82. The second-order valence-corrected chi connectivity index (χ2v) is 6.17. The first-order chi connectivity index (χ1) is 11.9. The molecule has 1 N–H and O–H groups in total. The van der Waals surface area contributed by atoms with Gasteiger partial charge in [-0.15, -0.1) is 0 Å². The number of benzene rings is 2. The fraction of sp³-hybridized carbons (Fsp3) is 0.263. The van der Waals surface area contributed by atoms with Gasteiger partial charge in [-0.25, -0.2) is 0 Å². The van der Waals surface area contributed by atoms with Crippen molar-refractivity contribution in [3.63, 3.8) is 0 Å². The molecule has 0 spiro atoms. The number of anilines is 1. The Bertz CT molecular complexity index is 816. The third-order valence-electron chi connectivity index (χ3n) is 4.48. The van der Waals surface area contributed by atoms with Gasteiger partial charge < -0.3 is 5.32 Å². The van der Waals surface area contributed by atoms with E-state index < -0.39 is 11.7 Å². The predicted octanol–water partition coefficient (Wildman–Crippen LogP) is 4.71. The number of hydrogen-bond donors (Lipinski definition) is 1.